The summed E-state index contributed by atoms with van der Waals surface area (Å²) in [5, 5.41) is 5.61. The number of thiophene rings is 1. The van der Waals surface area contributed by atoms with E-state index in [0.29, 0.717) is 12.0 Å². The van der Waals surface area contributed by atoms with Gasteiger partial charge in [0.1, 0.15) is 6.10 Å². The third-order valence-corrected chi connectivity index (χ3v) is 4.06. The molecule has 0 saturated carbocycles. The van der Waals surface area contributed by atoms with E-state index in [4.69, 9.17) is 4.74 Å². The van der Waals surface area contributed by atoms with E-state index in [2.05, 4.69) is 37.5 Å². The molecule has 0 spiro atoms. The van der Waals surface area contributed by atoms with Crippen LogP contribution >= 0.6 is 11.3 Å². The molecule has 2 unspecified atom stereocenters. The highest BCUT2D eigenvalue weighted by molar-refractivity contribution is 7.10. The monoisotopic (exact) mass is 225 g/mol. The van der Waals surface area contributed by atoms with Gasteiger partial charge in [-0.25, -0.2) is 0 Å². The Morgan fingerprint density at radius 2 is 2.27 bits per heavy atom. The average Bonchev–Trinajstić information content (AvgIpc) is 2.64. The molecule has 1 N–H and O–H groups in total. The van der Waals surface area contributed by atoms with E-state index in [1.165, 1.54) is 10.4 Å². The van der Waals surface area contributed by atoms with Gasteiger partial charge in [0.05, 0.1) is 6.10 Å². The summed E-state index contributed by atoms with van der Waals surface area (Å²) in [5.41, 5.74) is 1.36. The summed E-state index contributed by atoms with van der Waals surface area (Å²) in [6.45, 7) is 8.53. The fourth-order valence-corrected chi connectivity index (χ4v) is 2.89. The van der Waals surface area contributed by atoms with Gasteiger partial charge in [0, 0.05) is 18.0 Å². The number of aryl methyl sites for hydroxylation is 1. The first kappa shape index (κ1) is 11.1. The highest BCUT2D eigenvalue weighted by atomic mass is 32.1. The van der Waals surface area contributed by atoms with Crippen LogP contribution in [-0.4, -0.2) is 19.2 Å². The maximum Gasteiger partial charge on any atom is 0.105 e. The molecular formula is C12H19NOS. The molecule has 2 atom stereocenters. The van der Waals surface area contributed by atoms with Gasteiger partial charge in [0.15, 0.2) is 0 Å². The summed E-state index contributed by atoms with van der Waals surface area (Å²) in [6, 6.07) is 2.17. The normalized spacial score (nSPS) is 27.2. The lowest BCUT2D eigenvalue weighted by atomic mass is 10.0. The van der Waals surface area contributed by atoms with Crippen LogP contribution in [0.15, 0.2) is 11.4 Å². The number of ether oxygens (including phenoxy) is 1. The zero-order chi connectivity index (χ0) is 10.8. The summed E-state index contributed by atoms with van der Waals surface area (Å²) in [7, 11) is 0. The second-order valence-corrected chi connectivity index (χ2v) is 5.48. The van der Waals surface area contributed by atoms with E-state index in [0.717, 1.165) is 13.1 Å². The Bertz CT molecular complexity index is 321. The Kier molecular flexibility index (Phi) is 3.44. The molecule has 1 aliphatic rings. The van der Waals surface area contributed by atoms with Crippen LogP contribution in [0, 0.1) is 12.8 Å². The summed E-state index contributed by atoms with van der Waals surface area (Å²) in [5.74, 6) is 0.584. The number of rotatable bonds is 2. The minimum atomic E-state index is 0.256. The minimum Gasteiger partial charge on any atom is -0.367 e. The summed E-state index contributed by atoms with van der Waals surface area (Å²) in [4.78, 5) is 1.38. The van der Waals surface area contributed by atoms with Gasteiger partial charge < -0.3 is 10.1 Å². The van der Waals surface area contributed by atoms with Crippen LogP contribution in [0.4, 0.5) is 0 Å². The van der Waals surface area contributed by atoms with Crippen molar-refractivity contribution in [3.8, 4) is 0 Å². The Balaban J connectivity index is 2.08. The summed E-state index contributed by atoms with van der Waals surface area (Å²) < 4.78 is 6.12. The van der Waals surface area contributed by atoms with Gasteiger partial charge in [-0.3, -0.25) is 0 Å². The van der Waals surface area contributed by atoms with Crippen LogP contribution in [0.25, 0.3) is 0 Å². The van der Waals surface area contributed by atoms with Crippen LogP contribution in [0.3, 0.4) is 0 Å². The predicted molar refractivity (Wildman–Crippen MR) is 64.4 cm³/mol. The van der Waals surface area contributed by atoms with Crippen molar-refractivity contribution in [2.24, 2.45) is 5.92 Å². The van der Waals surface area contributed by atoms with Gasteiger partial charge in [0.25, 0.3) is 0 Å². The second-order valence-electron chi connectivity index (χ2n) is 4.53. The molecule has 84 valence electrons. The van der Waals surface area contributed by atoms with Crippen LogP contribution in [0.1, 0.15) is 30.4 Å². The first-order valence-electron chi connectivity index (χ1n) is 5.58. The molecule has 1 saturated heterocycles. The molecule has 0 aromatic carbocycles. The van der Waals surface area contributed by atoms with Crippen LogP contribution in [0.5, 0.6) is 0 Å². The van der Waals surface area contributed by atoms with Crippen molar-refractivity contribution >= 4 is 11.3 Å². The Labute approximate surface area is 95.6 Å². The van der Waals surface area contributed by atoms with Crippen molar-refractivity contribution in [3.05, 3.63) is 21.9 Å². The van der Waals surface area contributed by atoms with E-state index in [9.17, 15) is 0 Å². The second kappa shape index (κ2) is 4.64. The van der Waals surface area contributed by atoms with Crippen molar-refractivity contribution in [1.82, 2.24) is 5.32 Å². The van der Waals surface area contributed by atoms with E-state index < -0.39 is 0 Å². The highest BCUT2D eigenvalue weighted by Crippen LogP contribution is 2.30. The number of hydrogen-bond donors (Lipinski definition) is 1. The van der Waals surface area contributed by atoms with Gasteiger partial charge in [-0.2, -0.15) is 0 Å². The number of morpholine rings is 1. The smallest absolute Gasteiger partial charge is 0.105 e. The van der Waals surface area contributed by atoms with Gasteiger partial charge >= 0.3 is 0 Å². The van der Waals surface area contributed by atoms with Crippen molar-refractivity contribution < 1.29 is 4.74 Å². The van der Waals surface area contributed by atoms with Crippen LogP contribution in [0.2, 0.25) is 0 Å². The molecule has 1 fully saturated rings. The molecule has 15 heavy (non-hydrogen) atoms. The maximum absolute atomic E-state index is 6.12. The lowest BCUT2D eigenvalue weighted by Gasteiger charge is -2.33. The van der Waals surface area contributed by atoms with E-state index in [1.54, 1.807) is 11.3 Å². The fraction of sp³-hybridized carbons (Fsp3) is 0.667. The molecule has 1 aromatic rings. The molecule has 2 nitrogen and oxygen atoms in total. The average molecular weight is 225 g/mol. The van der Waals surface area contributed by atoms with Gasteiger partial charge in [-0.1, -0.05) is 13.8 Å². The van der Waals surface area contributed by atoms with Gasteiger partial charge in [-0.05, 0) is 29.9 Å². The third-order valence-electron chi connectivity index (χ3n) is 2.95. The van der Waals surface area contributed by atoms with Gasteiger partial charge in [0.2, 0.25) is 0 Å². The number of hydrogen-bond acceptors (Lipinski definition) is 3. The molecule has 2 heterocycles. The molecule has 1 aromatic heterocycles. The highest BCUT2D eigenvalue weighted by Gasteiger charge is 2.26. The molecule has 0 amide bonds. The molecule has 0 aliphatic carbocycles. The van der Waals surface area contributed by atoms with E-state index >= 15 is 0 Å². The standard InChI is InChI=1S/C12H19NOS/c1-8(2)10-6-13-7-11(14-10)12-9(3)4-5-15-12/h4-5,8,10-11,13H,6-7H2,1-3H3. The third kappa shape index (κ3) is 2.41. The van der Waals surface area contributed by atoms with E-state index in [1.807, 2.05) is 0 Å². The van der Waals surface area contributed by atoms with Crippen molar-refractivity contribution in [2.45, 2.75) is 33.0 Å². The topological polar surface area (TPSA) is 21.3 Å². The fourth-order valence-electron chi connectivity index (χ4n) is 1.93. The Morgan fingerprint density at radius 3 is 2.87 bits per heavy atom. The van der Waals surface area contributed by atoms with Crippen LogP contribution < -0.4 is 5.32 Å². The molecular weight excluding hydrogens is 206 g/mol. The lowest BCUT2D eigenvalue weighted by molar-refractivity contribution is -0.0589. The minimum absolute atomic E-state index is 0.256. The quantitative estimate of drug-likeness (QED) is 0.835. The van der Waals surface area contributed by atoms with Crippen molar-refractivity contribution in [2.75, 3.05) is 13.1 Å². The van der Waals surface area contributed by atoms with Gasteiger partial charge in [-0.15, -0.1) is 11.3 Å². The first-order valence-corrected chi connectivity index (χ1v) is 6.46. The van der Waals surface area contributed by atoms with Crippen molar-refractivity contribution in [3.63, 3.8) is 0 Å². The summed E-state index contributed by atoms with van der Waals surface area (Å²) in [6.07, 6.45) is 0.608. The molecule has 3 heteroatoms. The molecule has 0 radical (unpaired) electrons. The molecule has 2 rings (SSSR count). The zero-order valence-electron chi connectivity index (χ0n) is 9.62. The van der Waals surface area contributed by atoms with Crippen LogP contribution in [-0.2, 0) is 4.74 Å². The number of nitrogens with one attached hydrogen (secondary N) is 1. The Hall–Kier alpha value is -0.380. The Morgan fingerprint density at radius 1 is 1.47 bits per heavy atom. The van der Waals surface area contributed by atoms with E-state index in [-0.39, 0.29) is 6.10 Å². The lowest BCUT2D eigenvalue weighted by Crippen LogP contribution is -2.42. The SMILES string of the molecule is Cc1ccsc1C1CNCC(C(C)C)O1. The first-order chi connectivity index (χ1) is 7.18. The van der Waals surface area contributed by atoms with Crippen molar-refractivity contribution in [1.29, 1.82) is 0 Å². The summed E-state index contributed by atoms with van der Waals surface area (Å²) >= 11 is 1.80. The molecule has 0 bridgehead atoms. The predicted octanol–water partition coefficient (Wildman–Crippen LogP) is 2.74. The molecule has 1 aliphatic heterocycles. The zero-order valence-corrected chi connectivity index (χ0v) is 10.4. The largest absolute Gasteiger partial charge is 0.367 e. The maximum atomic E-state index is 6.12.